The molecule has 1 aliphatic rings. The van der Waals surface area contributed by atoms with Crippen LogP contribution in [0.4, 0.5) is 0 Å². The number of nitrogens with zero attached hydrogens (tertiary/aromatic N) is 1. The molecule has 0 aromatic rings. The molecule has 21 heavy (non-hydrogen) atoms. The zero-order valence-corrected chi connectivity index (χ0v) is 14.1. The second-order valence-electron chi connectivity index (χ2n) is 6.41. The molecule has 0 atom stereocenters. The van der Waals surface area contributed by atoms with Gasteiger partial charge in [-0.25, -0.2) is 0 Å². The van der Waals surface area contributed by atoms with E-state index in [-0.39, 0.29) is 5.91 Å². The van der Waals surface area contributed by atoms with Gasteiger partial charge in [0.2, 0.25) is 5.91 Å². The van der Waals surface area contributed by atoms with Crippen molar-refractivity contribution < 1.29 is 4.79 Å². The first kappa shape index (κ1) is 18.3. The number of allylic oxidation sites excluding steroid dienone is 1. The molecule has 2 heteroatoms. The van der Waals surface area contributed by atoms with E-state index in [0.717, 1.165) is 19.5 Å². The molecular formula is C19H35NO. The van der Waals surface area contributed by atoms with Gasteiger partial charge in [0.1, 0.15) is 0 Å². The standard InChI is InChI=1S/C19H35NO/c1-2-3-4-5-6-7-8-9-10-11-13-16-19(21)20-17-14-12-15-18-20/h13,16H,2-12,14-15,17-18H2,1H3/b16-13+. The van der Waals surface area contributed by atoms with E-state index in [2.05, 4.69) is 13.0 Å². The smallest absolute Gasteiger partial charge is 0.246 e. The van der Waals surface area contributed by atoms with Crippen molar-refractivity contribution in [3.05, 3.63) is 12.2 Å². The first-order chi connectivity index (χ1) is 10.3. The summed E-state index contributed by atoms with van der Waals surface area (Å²) in [5, 5.41) is 0. The second-order valence-corrected chi connectivity index (χ2v) is 6.41. The number of unbranched alkanes of at least 4 members (excludes halogenated alkanes) is 9. The van der Waals surface area contributed by atoms with Crippen LogP contribution in [0, 0.1) is 0 Å². The van der Waals surface area contributed by atoms with Crippen molar-refractivity contribution in [1.82, 2.24) is 4.90 Å². The first-order valence-electron chi connectivity index (χ1n) is 9.30. The summed E-state index contributed by atoms with van der Waals surface area (Å²) in [5.74, 6) is 0.227. The van der Waals surface area contributed by atoms with Crippen molar-refractivity contribution in [3.8, 4) is 0 Å². The van der Waals surface area contributed by atoms with Gasteiger partial charge < -0.3 is 4.90 Å². The maximum absolute atomic E-state index is 11.9. The SMILES string of the molecule is CCCCCCCCCCC/C=C/C(=O)N1CCCCC1. The Bertz CT molecular complexity index is 279. The molecule has 122 valence electrons. The maximum atomic E-state index is 11.9. The summed E-state index contributed by atoms with van der Waals surface area (Å²) in [6.07, 6.45) is 20.9. The molecule has 1 fully saturated rings. The molecule has 1 heterocycles. The minimum atomic E-state index is 0.227. The Morgan fingerprint density at radius 2 is 1.43 bits per heavy atom. The van der Waals surface area contributed by atoms with Gasteiger partial charge in [-0.1, -0.05) is 64.4 Å². The van der Waals surface area contributed by atoms with Crippen LogP contribution in [0.15, 0.2) is 12.2 Å². The largest absolute Gasteiger partial charge is 0.339 e. The lowest BCUT2D eigenvalue weighted by atomic mass is 10.1. The molecule has 0 radical (unpaired) electrons. The van der Waals surface area contributed by atoms with Gasteiger partial charge in [-0.15, -0.1) is 0 Å². The molecule has 0 bridgehead atoms. The van der Waals surface area contributed by atoms with Crippen LogP contribution in [0.2, 0.25) is 0 Å². The monoisotopic (exact) mass is 293 g/mol. The number of amides is 1. The lowest BCUT2D eigenvalue weighted by Gasteiger charge is -2.25. The van der Waals surface area contributed by atoms with Crippen LogP contribution in [-0.4, -0.2) is 23.9 Å². The number of hydrogen-bond acceptors (Lipinski definition) is 1. The van der Waals surface area contributed by atoms with E-state index < -0.39 is 0 Å². The quantitative estimate of drug-likeness (QED) is 0.365. The molecule has 0 aromatic carbocycles. The van der Waals surface area contributed by atoms with Gasteiger partial charge in [0.05, 0.1) is 0 Å². The van der Waals surface area contributed by atoms with E-state index in [1.807, 2.05) is 4.90 Å². The molecule has 1 amide bonds. The van der Waals surface area contributed by atoms with E-state index >= 15 is 0 Å². The van der Waals surface area contributed by atoms with Crippen molar-refractivity contribution in [2.24, 2.45) is 0 Å². The van der Waals surface area contributed by atoms with Crippen LogP contribution < -0.4 is 0 Å². The van der Waals surface area contributed by atoms with Gasteiger partial charge in [-0.3, -0.25) is 4.79 Å². The normalized spacial score (nSPS) is 15.8. The Kier molecular flexibility index (Phi) is 11.2. The van der Waals surface area contributed by atoms with Gasteiger partial charge >= 0.3 is 0 Å². The predicted molar refractivity (Wildman–Crippen MR) is 91.4 cm³/mol. The van der Waals surface area contributed by atoms with E-state index in [4.69, 9.17) is 0 Å². The van der Waals surface area contributed by atoms with Gasteiger partial charge in [0.25, 0.3) is 0 Å². The number of carbonyl (C=O) groups excluding carboxylic acids is 1. The Morgan fingerprint density at radius 1 is 0.857 bits per heavy atom. The van der Waals surface area contributed by atoms with Gasteiger partial charge in [0.15, 0.2) is 0 Å². The van der Waals surface area contributed by atoms with Gasteiger partial charge in [-0.2, -0.15) is 0 Å². The van der Waals surface area contributed by atoms with Crippen molar-refractivity contribution in [2.75, 3.05) is 13.1 Å². The number of hydrogen-bond donors (Lipinski definition) is 0. The molecule has 0 unspecified atom stereocenters. The second kappa shape index (κ2) is 12.9. The highest BCUT2D eigenvalue weighted by molar-refractivity contribution is 5.87. The fourth-order valence-corrected chi connectivity index (χ4v) is 2.98. The highest BCUT2D eigenvalue weighted by Gasteiger charge is 2.13. The zero-order valence-electron chi connectivity index (χ0n) is 14.1. The van der Waals surface area contributed by atoms with Gasteiger partial charge in [-0.05, 0) is 38.2 Å². The molecule has 1 rings (SSSR count). The van der Waals surface area contributed by atoms with Crippen LogP contribution in [0.5, 0.6) is 0 Å². The lowest BCUT2D eigenvalue weighted by Crippen LogP contribution is -2.34. The van der Waals surface area contributed by atoms with E-state index in [9.17, 15) is 4.79 Å². The average Bonchev–Trinajstić information content (AvgIpc) is 2.53. The van der Waals surface area contributed by atoms with Crippen LogP contribution in [0.25, 0.3) is 0 Å². The first-order valence-corrected chi connectivity index (χ1v) is 9.30. The molecule has 0 spiro atoms. The molecule has 0 aromatic heterocycles. The van der Waals surface area contributed by atoms with Crippen LogP contribution in [0.3, 0.4) is 0 Å². The van der Waals surface area contributed by atoms with Crippen LogP contribution in [-0.2, 0) is 4.79 Å². The Morgan fingerprint density at radius 3 is 2.05 bits per heavy atom. The molecule has 0 N–H and O–H groups in total. The Labute approximate surface area is 132 Å². The number of piperidine rings is 1. The highest BCUT2D eigenvalue weighted by Crippen LogP contribution is 2.11. The molecule has 0 saturated carbocycles. The van der Waals surface area contributed by atoms with Crippen LogP contribution >= 0.6 is 0 Å². The third kappa shape index (κ3) is 9.71. The van der Waals surface area contributed by atoms with Gasteiger partial charge in [0, 0.05) is 13.1 Å². The minimum Gasteiger partial charge on any atom is -0.339 e. The maximum Gasteiger partial charge on any atom is 0.246 e. The topological polar surface area (TPSA) is 20.3 Å². The fourth-order valence-electron chi connectivity index (χ4n) is 2.98. The number of carbonyl (C=O) groups is 1. The molecule has 0 aliphatic carbocycles. The fraction of sp³-hybridized carbons (Fsp3) is 0.842. The molecule has 1 saturated heterocycles. The zero-order chi connectivity index (χ0) is 15.2. The molecule has 1 aliphatic heterocycles. The average molecular weight is 293 g/mol. The summed E-state index contributed by atoms with van der Waals surface area (Å²) in [4.78, 5) is 13.9. The number of rotatable bonds is 11. The summed E-state index contributed by atoms with van der Waals surface area (Å²) < 4.78 is 0. The summed E-state index contributed by atoms with van der Waals surface area (Å²) in [6.45, 7) is 4.19. The predicted octanol–water partition coefficient (Wildman–Crippen LogP) is 5.48. The Hall–Kier alpha value is -0.790. The Balaban J connectivity index is 1.89. The van der Waals surface area contributed by atoms with Crippen molar-refractivity contribution in [1.29, 1.82) is 0 Å². The van der Waals surface area contributed by atoms with E-state index in [1.54, 1.807) is 6.08 Å². The summed E-state index contributed by atoms with van der Waals surface area (Å²) in [7, 11) is 0. The summed E-state index contributed by atoms with van der Waals surface area (Å²) in [5.41, 5.74) is 0. The molecule has 2 nitrogen and oxygen atoms in total. The van der Waals surface area contributed by atoms with Crippen LogP contribution in [0.1, 0.15) is 90.4 Å². The number of likely N-dealkylation sites (tertiary alicyclic amines) is 1. The summed E-state index contributed by atoms with van der Waals surface area (Å²) >= 11 is 0. The highest BCUT2D eigenvalue weighted by atomic mass is 16.2. The van der Waals surface area contributed by atoms with E-state index in [1.165, 1.54) is 77.0 Å². The lowest BCUT2D eigenvalue weighted by molar-refractivity contribution is -0.126. The summed E-state index contributed by atoms with van der Waals surface area (Å²) in [6, 6.07) is 0. The van der Waals surface area contributed by atoms with Crippen molar-refractivity contribution >= 4 is 5.91 Å². The molecular weight excluding hydrogens is 258 g/mol. The van der Waals surface area contributed by atoms with E-state index in [0.29, 0.717) is 0 Å². The van der Waals surface area contributed by atoms with Crippen molar-refractivity contribution in [3.63, 3.8) is 0 Å². The minimum absolute atomic E-state index is 0.227. The third-order valence-corrected chi connectivity index (χ3v) is 4.40. The van der Waals surface area contributed by atoms with Crippen molar-refractivity contribution in [2.45, 2.75) is 90.4 Å². The third-order valence-electron chi connectivity index (χ3n) is 4.40.